The Kier molecular flexibility index (Phi) is 5.88. The molecule has 108 valence electrons. The predicted molar refractivity (Wildman–Crippen MR) is 81.1 cm³/mol. The molecule has 0 radical (unpaired) electrons. The van der Waals surface area contributed by atoms with Gasteiger partial charge in [0.2, 0.25) is 0 Å². The minimum Gasteiger partial charge on any atom is -0.490 e. The number of aromatic nitrogens is 3. The number of benzene rings is 1. The Labute approximate surface area is 123 Å². The largest absolute Gasteiger partial charge is 0.490 e. The standard InChI is InChI=1S/C14H20N4OS/c1-3-15-10-12-11-18(17-16-12)8-9-19-13-6-4-5-7-14(13)20-2/h4-7,11,15H,3,8-10H2,1-2H3. The number of rotatable bonds is 8. The van der Waals surface area contributed by atoms with Crippen LogP contribution < -0.4 is 10.1 Å². The van der Waals surface area contributed by atoms with Crippen molar-refractivity contribution in [3.63, 3.8) is 0 Å². The van der Waals surface area contributed by atoms with Crippen LogP contribution in [0.3, 0.4) is 0 Å². The van der Waals surface area contributed by atoms with Gasteiger partial charge in [0.25, 0.3) is 0 Å². The molecule has 20 heavy (non-hydrogen) atoms. The smallest absolute Gasteiger partial charge is 0.132 e. The molecular weight excluding hydrogens is 272 g/mol. The molecule has 0 fully saturated rings. The average molecular weight is 292 g/mol. The highest BCUT2D eigenvalue weighted by atomic mass is 32.2. The van der Waals surface area contributed by atoms with Crippen LogP contribution in [0.15, 0.2) is 35.4 Å². The van der Waals surface area contributed by atoms with Gasteiger partial charge in [0.05, 0.1) is 12.2 Å². The van der Waals surface area contributed by atoms with Gasteiger partial charge in [-0.25, -0.2) is 4.68 Å². The summed E-state index contributed by atoms with van der Waals surface area (Å²) in [7, 11) is 0. The number of hydrogen-bond acceptors (Lipinski definition) is 5. The lowest BCUT2D eigenvalue weighted by Gasteiger charge is -2.09. The highest BCUT2D eigenvalue weighted by Crippen LogP contribution is 2.26. The maximum absolute atomic E-state index is 5.80. The fourth-order valence-electron chi connectivity index (χ4n) is 1.77. The van der Waals surface area contributed by atoms with Gasteiger partial charge in [0.15, 0.2) is 0 Å². The molecule has 2 aromatic rings. The third kappa shape index (κ3) is 4.25. The van der Waals surface area contributed by atoms with Crippen LogP contribution in [-0.4, -0.2) is 34.4 Å². The summed E-state index contributed by atoms with van der Waals surface area (Å²) in [5.74, 6) is 0.924. The molecule has 0 bridgehead atoms. The third-order valence-electron chi connectivity index (χ3n) is 2.79. The van der Waals surface area contributed by atoms with E-state index < -0.39 is 0 Å². The Morgan fingerprint density at radius 3 is 3.00 bits per heavy atom. The molecule has 5 nitrogen and oxygen atoms in total. The highest BCUT2D eigenvalue weighted by Gasteiger charge is 2.03. The second-order valence-electron chi connectivity index (χ2n) is 4.25. The number of nitrogens with zero attached hydrogens (tertiary/aromatic N) is 3. The molecule has 1 aromatic heterocycles. The van der Waals surface area contributed by atoms with Crippen molar-refractivity contribution < 1.29 is 4.74 Å². The Morgan fingerprint density at radius 2 is 2.20 bits per heavy atom. The normalized spacial score (nSPS) is 10.7. The Morgan fingerprint density at radius 1 is 1.35 bits per heavy atom. The third-order valence-corrected chi connectivity index (χ3v) is 3.57. The monoisotopic (exact) mass is 292 g/mol. The Hall–Kier alpha value is -1.53. The van der Waals surface area contributed by atoms with Crippen LogP contribution in [0.5, 0.6) is 5.75 Å². The lowest BCUT2D eigenvalue weighted by atomic mass is 10.3. The molecule has 1 N–H and O–H groups in total. The van der Waals surface area contributed by atoms with Crippen LogP contribution in [0.4, 0.5) is 0 Å². The van der Waals surface area contributed by atoms with E-state index in [1.165, 1.54) is 0 Å². The lowest BCUT2D eigenvalue weighted by Crippen LogP contribution is -2.12. The fourth-order valence-corrected chi connectivity index (χ4v) is 2.31. The first kappa shape index (κ1) is 14.9. The molecule has 0 atom stereocenters. The van der Waals surface area contributed by atoms with E-state index in [1.807, 2.05) is 35.3 Å². The van der Waals surface area contributed by atoms with E-state index in [0.717, 1.165) is 29.4 Å². The summed E-state index contributed by atoms with van der Waals surface area (Å²) in [6.45, 7) is 5.04. The summed E-state index contributed by atoms with van der Waals surface area (Å²) < 4.78 is 7.61. The topological polar surface area (TPSA) is 52.0 Å². The summed E-state index contributed by atoms with van der Waals surface area (Å²) in [4.78, 5) is 1.15. The first-order valence-corrected chi connectivity index (χ1v) is 7.91. The Balaban J connectivity index is 1.82. The molecule has 6 heteroatoms. The molecule has 0 aliphatic heterocycles. The van der Waals surface area contributed by atoms with Gasteiger partial charge in [-0.15, -0.1) is 16.9 Å². The molecule has 0 aliphatic rings. The molecule has 0 unspecified atom stereocenters. The second kappa shape index (κ2) is 7.91. The fraction of sp³-hybridized carbons (Fsp3) is 0.429. The van der Waals surface area contributed by atoms with Crippen LogP contribution in [0.25, 0.3) is 0 Å². The van der Waals surface area contributed by atoms with Crippen molar-refractivity contribution in [3.05, 3.63) is 36.2 Å². The van der Waals surface area contributed by atoms with Gasteiger partial charge in [-0.1, -0.05) is 24.3 Å². The van der Waals surface area contributed by atoms with E-state index in [9.17, 15) is 0 Å². The van der Waals surface area contributed by atoms with Crippen molar-refractivity contribution in [2.75, 3.05) is 19.4 Å². The first-order valence-electron chi connectivity index (χ1n) is 6.69. The minimum atomic E-state index is 0.585. The van der Waals surface area contributed by atoms with E-state index in [1.54, 1.807) is 11.8 Å². The zero-order valence-corrected chi connectivity index (χ0v) is 12.7. The lowest BCUT2D eigenvalue weighted by molar-refractivity contribution is 0.283. The van der Waals surface area contributed by atoms with Crippen molar-refractivity contribution in [2.24, 2.45) is 0 Å². The van der Waals surface area contributed by atoms with Crippen molar-refractivity contribution >= 4 is 11.8 Å². The van der Waals surface area contributed by atoms with Gasteiger partial charge in [-0.3, -0.25) is 0 Å². The van der Waals surface area contributed by atoms with Crippen LogP contribution >= 0.6 is 11.8 Å². The van der Waals surface area contributed by atoms with E-state index >= 15 is 0 Å². The maximum atomic E-state index is 5.80. The van der Waals surface area contributed by atoms with Gasteiger partial charge >= 0.3 is 0 Å². The van der Waals surface area contributed by atoms with Crippen LogP contribution in [0.2, 0.25) is 0 Å². The van der Waals surface area contributed by atoms with Crippen molar-refractivity contribution in [2.45, 2.75) is 24.9 Å². The first-order chi connectivity index (χ1) is 9.83. The number of para-hydroxylation sites is 1. The summed E-state index contributed by atoms with van der Waals surface area (Å²) >= 11 is 1.69. The number of thioether (sulfide) groups is 1. The molecule has 0 saturated heterocycles. The SMILES string of the molecule is CCNCc1cn(CCOc2ccccc2SC)nn1. The summed E-state index contributed by atoms with van der Waals surface area (Å²) in [6, 6.07) is 8.05. The number of ether oxygens (including phenoxy) is 1. The molecule has 2 rings (SSSR count). The van der Waals surface area contributed by atoms with Crippen molar-refractivity contribution in [3.8, 4) is 5.75 Å². The van der Waals surface area contributed by atoms with Crippen LogP contribution in [0.1, 0.15) is 12.6 Å². The van der Waals surface area contributed by atoms with E-state index in [0.29, 0.717) is 13.2 Å². The van der Waals surface area contributed by atoms with Crippen molar-refractivity contribution in [1.82, 2.24) is 20.3 Å². The molecule has 0 amide bonds. The second-order valence-corrected chi connectivity index (χ2v) is 5.10. The van der Waals surface area contributed by atoms with Crippen molar-refractivity contribution in [1.29, 1.82) is 0 Å². The number of hydrogen-bond donors (Lipinski definition) is 1. The Bertz CT molecular complexity index is 529. The molecule has 0 spiro atoms. The van der Waals surface area contributed by atoms with Crippen LogP contribution in [0, 0.1) is 0 Å². The molecule has 1 heterocycles. The highest BCUT2D eigenvalue weighted by molar-refractivity contribution is 7.98. The minimum absolute atomic E-state index is 0.585. The average Bonchev–Trinajstić information content (AvgIpc) is 2.93. The van der Waals surface area contributed by atoms with Gasteiger partial charge in [0, 0.05) is 17.6 Å². The molecule has 1 aromatic carbocycles. The van der Waals surface area contributed by atoms with Gasteiger partial charge < -0.3 is 10.1 Å². The van der Waals surface area contributed by atoms with Gasteiger partial charge in [-0.05, 0) is 24.9 Å². The summed E-state index contributed by atoms with van der Waals surface area (Å²) in [5, 5.41) is 11.4. The summed E-state index contributed by atoms with van der Waals surface area (Å²) in [6.07, 6.45) is 4.00. The zero-order valence-electron chi connectivity index (χ0n) is 11.9. The molecular formula is C14H20N4OS. The van der Waals surface area contributed by atoms with E-state index in [-0.39, 0.29) is 0 Å². The van der Waals surface area contributed by atoms with Gasteiger partial charge in [-0.2, -0.15) is 0 Å². The molecule has 0 saturated carbocycles. The molecule has 0 aliphatic carbocycles. The quantitative estimate of drug-likeness (QED) is 0.756. The maximum Gasteiger partial charge on any atom is 0.132 e. The predicted octanol–water partition coefficient (Wildman–Crippen LogP) is 2.19. The number of nitrogens with one attached hydrogen (secondary N) is 1. The van der Waals surface area contributed by atoms with E-state index in [2.05, 4.69) is 28.6 Å². The van der Waals surface area contributed by atoms with E-state index in [4.69, 9.17) is 4.74 Å². The summed E-state index contributed by atoms with van der Waals surface area (Å²) in [5.41, 5.74) is 0.955. The van der Waals surface area contributed by atoms with Crippen LogP contribution in [-0.2, 0) is 13.1 Å². The zero-order chi connectivity index (χ0) is 14.2. The van der Waals surface area contributed by atoms with Gasteiger partial charge in [0.1, 0.15) is 12.4 Å².